The Labute approximate surface area is 127 Å². The smallest absolute Gasteiger partial charge is 0.228 e. The van der Waals surface area contributed by atoms with Crippen LogP contribution in [-0.2, 0) is 9.59 Å². The van der Waals surface area contributed by atoms with Crippen LogP contribution in [0.5, 0.6) is 0 Å². The molecule has 1 fully saturated rings. The van der Waals surface area contributed by atoms with E-state index in [4.69, 9.17) is 0 Å². The first kappa shape index (κ1) is 14.1. The van der Waals surface area contributed by atoms with Gasteiger partial charge in [0.15, 0.2) is 5.12 Å². The summed E-state index contributed by atoms with van der Waals surface area (Å²) in [5.41, 5.74) is 2.90. The highest BCUT2D eigenvalue weighted by Gasteiger charge is 2.32. The van der Waals surface area contributed by atoms with Crippen molar-refractivity contribution in [2.24, 2.45) is 0 Å². The van der Waals surface area contributed by atoms with Crippen LogP contribution in [0.3, 0.4) is 0 Å². The van der Waals surface area contributed by atoms with E-state index in [1.165, 1.54) is 11.8 Å². The number of hydrogen-bond donors (Lipinski definition) is 0. The third-order valence-electron chi connectivity index (χ3n) is 3.66. The monoisotopic (exact) mass is 300 g/mol. The van der Waals surface area contributed by atoms with E-state index in [0.717, 1.165) is 22.2 Å². The molecule has 1 aliphatic rings. The maximum Gasteiger partial charge on any atom is 0.228 e. The average Bonchev–Trinajstić information content (AvgIpc) is 2.79. The fourth-order valence-electron chi connectivity index (χ4n) is 2.76. The summed E-state index contributed by atoms with van der Waals surface area (Å²) in [6, 6.07) is 7.83. The zero-order valence-corrected chi connectivity index (χ0v) is 12.8. The molecule has 5 heteroatoms. The third kappa shape index (κ3) is 2.65. The normalized spacial score (nSPS) is 18.5. The van der Waals surface area contributed by atoms with Gasteiger partial charge in [0.05, 0.1) is 11.2 Å². The second-order valence-corrected chi connectivity index (χ2v) is 6.72. The first-order chi connectivity index (χ1) is 10.1. The van der Waals surface area contributed by atoms with Gasteiger partial charge in [-0.1, -0.05) is 17.8 Å². The van der Waals surface area contributed by atoms with Crippen LogP contribution in [0.4, 0.5) is 5.69 Å². The molecule has 1 saturated heterocycles. The fraction of sp³-hybridized carbons (Fsp3) is 0.312. The highest BCUT2D eigenvalue weighted by atomic mass is 32.2. The van der Waals surface area contributed by atoms with Crippen LogP contribution in [-0.4, -0.2) is 27.8 Å². The highest BCUT2D eigenvalue weighted by Crippen LogP contribution is 2.33. The van der Waals surface area contributed by atoms with Crippen molar-refractivity contribution >= 4 is 39.4 Å². The molecule has 1 unspecified atom stereocenters. The van der Waals surface area contributed by atoms with Crippen LogP contribution in [0, 0.1) is 6.92 Å². The second kappa shape index (κ2) is 5.48. The molecular weight excluding hydrogens is 284 g/mol. The van der Waals surface area contributed by atoms with Crippen molar-refractivity contribution in [3.63, 3.8) is 0 Å². The van der Waals surface area contributed by atoms with Gasteiger partial charge in [-0.15, -0.1) is 0 Å². The standard InChI is InChI=1S/C16H16N2O2S/c1-10-5-6-14(13-4-3-7-17-16(10)13)18-9-12(8-15(18)20)21-11(2)19/h3-7,12H,8-9H2,1-2H3. The number of fused-ring (bicyclic) bond motifs is 1. The molecule has 21 heavy (non-hydrogen) atoms. The van der Waals surface area contributed by atoms with Gasteiger partial charge in [-0.25, -0.2) is 0 Å². The zero-order chi connectivity index (χ0) is 15.0. The fourth-order valence-corrected chi connectivity index (χ4v) is 3.67. The van der Waals surface area contributed by atoms with Crippen LogP contribution in [0.15, 0.2) is 30.5 Å². The maximum absolute atomic E-state index is 12.3. The van der Waals surface area contributed by atoms with Gasteiger partial charge in [0, 0.05) is 36.7 Å². The van der Waals surface area contributed by atoms with Gasteiger partial charge in [-0.2, -0.15) is 0 Å². The lowest BCUT2D eigenvalue weighted by atomic mass is 10.1. The van der Waals surface area contributed by atoms with E-state index >= 15 is 0 Å². The molecule has 1 aliphatic heterocycles. The Kier molecular flexibility index (Phi) is 3.68. The Bertz CT molecular complexity index is 729. The van der Waals surface area contributed by atoms with Gasteiger partial charge >= 0.3 is 0 Å². The number of thioether (sulfide) groups is 1. The van der Waals surface area contributed by atoms with Crippen molar-refractivity contribution in [3.05, 3.63) is 36.0 Å². The van der Waals surface area contributed by atoms with Crippen molar-refractivity contribution in [1.29, 1.82) is 0 Å². The van der Waals surface area contributed by atoms with E-state index in [1.807, 2.05) is 31.2 Å². The Morgan fingerprint density at radius 1 is 1.38 bits per heavy atom. The second-order valence-electron chi connectivity index (χ2n) is 5.24. The van der Waals surface area contributed by atoms with Crippen molar-refractivity contribution < 1.29 is 9.59 Å². The van der Waals surface area contributed by atoms with Crippen LogP contribution >= 0.6 is 11.8 Å². The first-order valence-electron chi connectivity index (χ1n) is 6.88. The lowest BCUT2D eigenvalue weighted by Gasteiger charge is -2.19. The zero-order valence-electron chi connectivity index (χ0n) is 12.0. The van der Waals surface area contributed by atoms with E-state index in [2.05, 4.69) is 4.98 Å². The molecular formula is C16H16N2O2S. The molecule has 0 bridgehead atoms. The predicted molar refractivity (Wildman–Crippen MR) is 85.5 cm³/mol. The number of aryl methyl sites for hydroxylation is 1. The van der Waals surface area contributed by atoms with Gasteiger partial charge in [-0.05, 0) is 30.7 Å². The summed E-state index contributed by atoms with van der Waals surface area (Å²) in [7, 11) is 0. The van der Waals surface area contributed by atoms with Gasteiger partial charge in [0.25, 0.3) is 0 Å². The highest BCUT2D eigenvalue weighted by molar-refractivity contribution is 8.14. The molecule has 3 rings (SSSR count). The lowest BCUT2D eigenvalue weighted by Crippen LogP contribution is -2.25. The first-order valence-corrected chi connectivity index (χ1v) is 7.76. The number of aromatic nitrogens is 1. The molecule has 0 spiro atoms. The number of pyridine rings is 1. The summed E-state index contributed by atoms with van der Waals surface area (Å²) in [6.45, 7) is 4.14. The molecule has 1 aromatic heterocycles. The van der Waals surface area contributed by atoms with Gasteiger partial charge in [0.1, 0.15) is 0 Å². The number of rotatable bonds is 2. The van der Waals surface area contributed by atoms with Crippen LogP contribution in [0.2, 0.25) is 0 Å². The maximum atomic E-state index is 12.3. The Morgan fingerprint density at radius 3 is 2.95 bits per heavy atom. The minimum Gasteiger partial charge on any atom is -0.311 e. The molecule has 1 aromatic carbocycles. The molecule has 0 N–H and O–H groups in total. The van der Waals surface area contributed by atoms with Crippen molar-refractivity contribution in [2.75, 3.05) is 11.4 Å². The summed E-state index contributed by atoms with van der Waals surface area (Å²) >= 11 is 1.26. The molecule has 2 aromatic rings. The number of anilines is 1. The van der Waals surface area contributed by atoms with Crippen molar-refractivity contribution in [2.45, 2.75) is 25.5 Å². The molecule has 4 nitrogen and oxygen atoms in total. The Hall–Kier alpha value is -1.88. The number of amides is 1. The number of benzene rings is 1. The Morgan fingerprint density at radius 2 is 2.19 bits per heavy atom. The van der Waals surface area contributed by atoms with E-state index in [1.54, 1.807) is 18.0 Å². The minimum atomic E-state index is 0.0445. The van der Waals surface area contributed by atoms with Crippen LogP contribution in [0.25, 0.3) is 10.9 Å². The van der Waals surface area contributed by atoms with Gasteiger partial charge in [0.2, 0.25) is 5.91 Å². The molecule has 2 heterocycles. The average molecular weight is 300 g/mol. The topological polar surface area (TPSA) is 50.3 Å². The van der Waals surface area contributed by atoms with Gasteiger partial charge < -0.3 is 4.90 Å². The van der Waals surface area contributed by atoms with Gasteiger partial charge in [-0.3, -0.25) is 14.6 Å². The van der Waals surface area contributed by atoms with E-state index in [-0.39, 0.29) is 16.3 Å². The van der Waals surface area contributed by atoms with E-state index in [0.29, 0.717) is 13.0 Å². The molecule has 1 atom stereocenters. The number of carbonyl (C=O) groups excluding carboxylic acids is 2. The minimum absolute atomic E-state index is 0.0445. The predicted octanol–water partition coefficient (Wildman–Crippen LogP) is 2.93. The van der Waals surface area contributed by atoms with Crippen molar-refractivity contribution in [3.8, 4) is 0 Å². The summed E-state index contributed by atoms with van der Waals surface area (Å²) in [5.74, 6) is 0.0720. The van der Waals surface area contributed by atoms with Crippen molar-refractivity contribution in [1.82, 2.24) is 4.98 Å². The molecule has 0 aliphatic carbocycles. The number of hydrogen-bond acceptors (Lipinski definition) is 4. The SMILES string of the molecule is CC(=O)SC1CC(=O)N(c2ccc(C)c3ncccc23)C1. The molecule has 108 valence electrons. The third-order valence-corrected chi connectivity index (χ3v) is 4.64. The summed E-state index contributed by atoms with van der Waals surface area (Å²) in [5, 5.41) is 1.09. The largest absolute Gasteiger partial charge is 0.311 e. The Balaban J connectivity index is 2.00. The summed E-state index contributed by atoms with van der Waals surface area (Å²) in [6.07, 6.45) is 2.18. The number of carbonyl (C=O) groups is 2. The molecule has 0 saturated carbocycles. The summed E-state index contributed by atoms with van der Waals surface area (Å²) in [4.78, 5) is 29.7. The quantitative estimate of drug-likeness (QED) is 0.855. The van der Waals surface area contributed by atoms with E-state index < -0.39 is 0 Å². The van der Waals surface area contributed by atoms with Crippen LogP contribution in [0.1, 0.15) is 18.9 Å². The number of nitrogens with zero attached hydrogens (tertiary/aromatic N) is 2. The van der Waals surface area contributed by atoms with Crippen LogP contribution < -0.4 is 4.90 Å². The lowest BCUT2D eigenvalue weighted by molar-refractivity contribution is -0.117. The summed E-state index contributed by atoms with van der Waals surface area (Å²) < 4.78 is 0. The molecule has 0 radical (unpaired) electrons. The molecule has 1 amide bonds. The van der Waals surface area contributed by atoms with E-state index in [9.17, 15) is 9.59 Å².